The largest absolute Gasteiger partial charge is 0.456 e. The van der Waals surface area contributed by atoms with Gasteiger partial charge in [0.1, 0.15) is 11.2 Å². The van der Waals surface area contributed by atoms with E-state index in [1.165, 1.54) is 27.7 Å². The van der Waals surface area contributed by atoms with Crippen LogP contribution in [-0.4, -0.2) is 15.0 Å². The molecule has 6 aromatic carbocycles. The van der Waals surface area contributed by atoms with Crippen molar-refractivity contribution in [3.05, 3.63) is 174 Å². The van der Waals surface area contributed by atoms with Crippen LogP contribution in [0.15, 0.2) is 162 Å². The summed E-state index contributed by atoms with van der Waals surface area (Å²) in [4.78, 5) is 15.2. The molecule has 2 aliphatic rings. The number of aromatic nitrogens is 3. The van der Waals surface area contributed by atoms with Crippen molar-refractivity contribution in [2.24, 2.45) is 5.92 Å². The average Bonchev–Trinajstić information content (AvgIpc) is 3.56. The van der Waals surface area contributed by atoms with Crippen molar-refractivity contribution in [2.45, 2.75) is 12.8 Å². The van der Waals surface area contributed by atoms with Gasteiger partial charge in [-0.1, -0.05) is 140 Å². The number of furan rings is 1. The zero-order chi connectivity index (χ0) is 33.2. The molecule has 2 aliphatic carbocycles. The summed E-state index contributed by atoms with van der Waals surface area (Å²) < 4.78 is 6.46. The Morgan fingerprint density at radius 1 is 0.560 bits per heavy atom. The van der Waals surface area contributed by atoms with Crippen LogP contribution in [0.5, 0.6) is 0 Å². The zero-order valence-corrected chi connectivity index (χ0v) is 27.4. The van der Waals surface area contributed by atoms with Gasteiger partial charge in [-0.25, -0.2) is 15.0 Å². The van der Waals surface area contributed by atoms with Crippen LogP contribution in [-0.2, 0) is 0 Å². The van der Waals surface area contributed by atoms with Gasteiger partial charge < -0.3 is 4.42 Å². The molecule has 2 heterocycles. The van der Waals surface area contributed by atoms with E-state index in [2.05, 4.69) is 122 Å². The Bertz CT molecular complexity index is 2730. The minimum atomic E-state index is 0.360. The van der Waals surface area contributed by atoms with E-state index in [0.29, 0.717) is 29.3 Å². The number of benzene rings is 6. The first-order valence-electron chi connectivity index (χ1n) is 17.1. The Morgan fingerprint density at radius 2 is 1.32 bits per heavy atom. The van der Waals surface area contributed by atoms with Crippen LogP contribution in [0.4, 0.5) is 0 Å². The highest BCUT2D eigenvalue weighted by atomic mass is 16.3. The molecule has 0 saturated heterocycles. The van der Waals surface area contributed by atoms with Crippen LogP contribution < -0.4 is 0 Å². The summed E-state index contributed by atoms with van der Waals surface area (Å²) in [6, 6.07) is 46.3. The van der Waals surface area contributed by atoms with Crippen LogP contribution in [0.3, 0.4) is 0 Å². The van der Waals surface area contributed by atoms with Crippen molar-refractivity contribution in [1.29, 1.82) is 0 Å². The van der Waals surface area contributed by atoms with Gasteiger partial charge in [0.25, 0.3) is 0 Å². The first-order chi connectivity index (χ1) is 24.7. The second-order valence-electron chi connectivity index (χ2n) is 13.3. The van der Waals surface area contributed by atoms with Crippen molar-refractivity contribution in [3.63, 3.8) is 0 Å². The van der Waals surface area contributed by atoms with Crippen molar-refractivity contribution in [3.8, 4) is 34.2 Å². The predicted molar refractivity (Wildman–Crippen MR) is 204 cm³/mol. The van der Waals surface area contributed by atoms with Crippen LogP contribution >= 0.6 is 0 Å². The summed E-state index contributed by atoms with van der Waals surface area (Å²) in [5.41, 5.74) is 10.9. The van der Waals surface area contributed by atoms with Gasteiger partial charge in [0, 0.05) is 33.4 Å². The molecule has 10 rings (SSSR count). The zero-order valence-electron chi connectivity index (χ0n) is 27.4. The standard InChI is InChI=1S/C46H31N3O/c1-28-24-36(26-34-20-19-30-11-7-8-15-37(30)42(28)34)33-22-23-40-39(27-33)43-38(16-9-17-41(43)50-40)46-48-44(31-12-3-2-4-13-31)47-45(49-46)35-21-18-29-10-5-6-14-32(29)25-35/h2-28,42H,1H3. The van der Waals surface area contributed by atoms with E-state index < -0.39 is 0 Å². The van der Waals surface area contributed by atoms with E-state index >= 15 is 0 Å². The van der Waals surface area contributed by atoms with Crippen molar-refractivity contribution in [1.82, 2.24) is 15.0 Å². The maximum atomic E-state index is 6.46. The van der Waals surface area contributed by atoms with Gasteiger partial charge in [-0.3, -0.25) is 0 Å². The average molecular weight is 642 g/mol. The summed E-state index contributed by atoms with van der Waals surface area (Å²) in [5.74, 6) is 2.61. The SMILES string of the molecule is CC1C=C(c2ccc3oc4cccc(-c5nc(-c6ccccc6)nc(-c6ccc7ccccc7c6)n5)c4c3c2)C=C2C=Cc3ccccc3C21. The molecule has 0 spiro atoms. The van der Waals surface area contributed by atoms with Crippen LogP contribution in [0, 0.1) is 5.92 Å². The maximum Gasteiger partial charge on any atom is 0.164 e. The maximum absolute atomic E-state index is 6.46. The first kappa shape index (κ1) is 28.6. The molecule has 4 heteroatoms. The fraction of sp³-hybridized carbons (Fsp3) is 0.0652. The molecule has 4 nitrogen and oxygen atoms in total. The molecule has 2 unspecified atom stereocenters. The molecule has 0 aliphatic heterocycles. The highest BCUT2D eigenvalue weighted by Gasteiger charge is 2.29. The van der Waals surface area contributed by atoms with Crippen LogP contribution in [0.25, 0.3) is 78.5 Å². The molecule has 0 N–H and O–H groups in total. The molecule has 0 saturated carbocycles. The highest BCUT2D eigenvalue weighted by molar-refractivity contribution is 6.12. The van der Waals surface area contributed by atoms with E-state index in [0.717, 1.165) is 49.6 Å². The molecular weight excluding hydrogens is 611 g/mol. The van der Waals surface area contributed by atoms with Crippen LogP contribution in [0.1, 0.15) is 29.5 Å². The fourth-order valence-electron chi connectivity index (χ4n) is 7.79. The Kier molecular flexibility index (Phi) is 6.50. The number of allylic oxidation sites excluding steroid dienone is 5. The van der Waals surface area contributed by atoms with E-state index in [4.69, 9.17) is 19.4 Å². The lowest BCUT2D eigenvalue weighted by molar-refractivity contribution is 0.615. The Balaban J connectivity index is 1.13. The van der Waals surface area contributed by atoms with Gasteiger partial charge in [-0.05, 0) is 68.8 Å². The molecule has 0 radical (unpaired) electrons. The quantitative estimate of drug-likeness (QED) is 0.192. The topological polar surface area (TPSA) is 51.8 Å². The minimum absolute atomic E-state index is 0.360. The lowest BCUT2D eigenvalue weighted by Gasteiger charge is -2.32. The van der Waals surface area contributed by atoms with Gasteiger partial charge in [0.05, 0.1) is 0 Å². The lowest BCUT2D eigenvalue weighted by atomic mass is 9.72. The highest BCUT2D eigenvalue weighted by Crippen LogP contribution is 2.45. The van der Waals surface area contributed by atoms with Gasteiger partial charge >= 0.3 is 0 Å². The van der Waals surface area contributed by atoms with Gasteiger partial charge in [-0.2, -0.15) is 0 Å². The number of rotatable bonds is 4. The molecule has 236 valence electrons. The number of nitrogens with zero attached hydrogens (tertiary/aromatic N) is 3. The van der Waals surface area contributed by atoms with Crippen molar-refractivity contribution < 1.29 is 4.42 Å². The van der Waals surface area contributed by atoms with Crippen molar-refractivity contribution in [2.75, 3.05) is 0 Å². The van der Waals surface area contributed by atoms with Gasteiger partial charge in [0.2, 0.25) is 0 Å². The van der Waals surface area contributed by atoms with Crippen molar-refractivity contribution >= 4 is 44.4 Å². The molecule has 0 bridgehead atoms. The number of hydrogen-bond acceptors (Lipinski definition) is 4. The van der Waals surface area contributed by atoms with E-state index in [1.807, 2.05) is 42.5 Å². The smallest absolute Gasteiger partial charge is 0.164 e. The van der Waals surface area contributed by atoms with E-state index in [1.54, 1.807) is 0 Å². The Morgan fingerprint density at radius 3 is 2.22 bits per heavy atom. The molecule has 0 amide bonds. The fourth-order valence-corrected chi connectivity index (χ4v) is 7.79. The molecule has 8 aromatic rings. The monoisotopic (exact) mass is 641 g/mol. The number of fused-ring (bicyclic) bond motifs is 7. The third-order valence-corrected chi connectivity index (χ3v) is 10.2. The molecule has 2 aromatic heterocycles. The van der Waals surface area contributed by atoms with Gasteiger partial charge in [0.15, 0.2) is 17.5 Å². The first-order valence-corrected chi connectivity index (χ1v) is 17.1. The molecule has 2 atom stereocenters. The van der Waals surface area contributed by atoms with E-state index in [-0.39, 0.29) is 0 Å². The summed E-state index contributed by atoms with van der Waals surface area (Å²) in [5, 5.41) is 4.36. The third kappa shape index (κ3) is 4.72. The summed E-state index contributed by atoms with van der Waals surface area (Å²) >= 11 is 0. The van der Waals surface area contributed by atoms with E-state index in [9.17, 15) is 0 Å². The summed E-state index contributed by atoms with van der Waals surface area (Å²) in [6.07, 6.45) is 9.31. The normalized spacial score (nSPS) is 16.7. The Hall–Kier alpha value is -6.39. The molecule has 50 heavy (non-hydrogen) atoms. The predicted octanol–water partition coefficient (Wildman–Crippen LogP) is 11.7. The lowest BCUT2D eigenvalue weighted by Crippen LogP contribution is -2.17. The van der Waals surface area contributed by atoms with Gasteiger partial charge in [-0.15, -0.1) is 0 Å². The Labute approximate surface area is 289 Å². The van der Waals surface area contributed by atoms with Crippen LogP contribution in [0.2, 0.25) is 0 Å². The minimum Gasteiger partial charge on any atom is -0.456 e. The number of hydrogen-bond donors (Lipinski definition) is 0. The third-order valence-electron chi connectivity index (χ3n) is 10.2. The second kappa shape index (κ2) is 11.4. The summed E-state index contributed by atoms with van der Waals surface area (Å²) in [6.45, 7) is 2.33. The second-order valence-corrected chi connectivity index (χ2v) is 13.3. The molecular formula is C46H31N3O. The molecule has 0 fully saturated rings. The summed E-state index contributed by atoms with van der Waals surface area (Å²) in [7, 11) is 0.